The Morgan fingerprint density at radius 3 is 1.73 bits per heavy atom. The molecular weight excluding hydrogens is 500 g/mol. The maximum Gasteiger partial charge on any atom is 0.265 e. The first kappa shape index (κ1) is 28.4. The summed E-state index contributed by atoms with van der Waals surface area (Å²) in [5.74, 6) is 1.99. The van der Waals surface area contributed by atoms with Crippen LogP contribution in [0.5, 0.6) is 17.2 Å². The zero-order valence-electron chi connectivity index (χ0n) is 23.6. The molecule has 0 aliphatic rings. The van der Waals surface area contributed by atoms with Crippen LogP contribution in [0.3, 0.4) is 0 Å². The minimum absolute atomic E-state index is 0.188. The fourth-order valence-electron chi connectivity index (χ4n) is 4.30. The summed E-state index contributed by atoms with van der Waals surface area (Å²) in [7, 11) is 0. The minimum atomic E-state index is -0.744. The van der Waals surface area contributed by atoms with Crippen molar-refractivity contribution in [3.63, 3.8) is 0 Å². The van der Waals surface area contributed by atoms with E-state index < -0.39 is 6.10 Å². The fourth-order valence-corrected chi connectivity index (χ4v) is 4.30. The standard InChI is InChI=1S/C34H36N2O4/c1-22(2)30-12-9-13-31(23(3)4)32(30)36-34(38)25-14-18-28(19-15-25)39-24(5)33(37)35-26-16-20-29(21-17-26)40-27-10-7-6-8-11-27/h6-24H,1-5H3,(H,35,37)(H,36,38). The van der Waals surface area contributed by atoms with Gasteiger partial charge in [-0.25, -0.2) is 0 Å². The maximum atomic E-state index is 13.1. The van der Waals surface area contributed by atoms with Gasteiger partial charge in [0, 0.05) is 16.9 Å². The van der Waals surface area contributed by atoms with Gasteiger partial charge in [-0.15, -0.1) is 0 Å². The molecule has 2 amide bonds. The van der Waals surface area contributed by atoms with Gasteiger partial charge in [-0.05, 0) is 90.6 Å². The van der Waals surface area contributed by atoms with E-state index >= 15 is 0 Å². The van der Waals surface area contributed by atoms with Crippen molar-refractivity contribution in [1.29, 1.82) is 0 Å². The van der Waals surface area contributed by atoms with E-state index in [1.165, 1.54) is 0 Å². The molecular formula is C34H36N2O4. The number of hydrogen-bond donors (Lipinski definition) is 2. The number of ether oxygens (including phenoxy) is 2. The summed E-state index contributed by atoms with van der Waals surface area (Å²) in [6.45, 7) is 10.2. The van der Waals surface area contributed by atoms with E-state index in [9.17, 15) is 9.59 Å². The molecule has 1 unspecified atom stereocenters. The predicted octanol–water partition coefficient (Wildman–Crippen LogP) is 8.38. The Kier molecular flexibility index (Phi) is 9.23. The molecule has 0 fully saturated rings. The van der Waals surface area contributed by atoms with E-state index in [1.54, 1.807) is 55.5 Å². The van der Waals surface area contributed by atoms with Crippen molar-refractivity contribution in [1.82, 2.24) is 0 Å². The van der Waals surface area contributed by atoms with Crippen molar-refractivity contribution in [2.75, 3.05) is 10.6 Å². The van der Waals surface area contributed by atoms with Gasteiger partial charge in [0.2, 0.25) is 0 Å². The fraction of sp³-hybridized carbons (Fsp3) is 0.235. The number of nitrogens with one attached hydrogen (secondary N) is 2. The van der Waals surface area contributed by atoms with Crippen LogP contribution in [0.15, 0.2) is 97.1 Å². The second-order valence-electron chi connectivity index (χ2n) is 10.3. The van der Waals surface area contributed by atoms with Gasteiger partial charge in [0.1, 0.15) is 17.2 Å². The predicted molar refractivity (Wildman–Crippen MR) is 161 cm³/mol. The van der Waals surface area contributed by atoms with Crippen LogP contribution in [0.2, 0.25) is 0 Å². The highest BCUT2D eigenvalue weighted by Crippen LogP contribution is 2.33. The average Bonchev–Trinajstić information content (AvgIpc) is 2.94. The van der Waals surface area contributed by atoms with Crippen molar-refractivity contribution in [3.05, 3.63) is 114 Å². The molecule has 6 nitrogen and oxygen atoms in total. The molecule has 0 radical (unpaired) electrons. The van der Waals surface area contributed by atoms with Crippen LogP contribution < -0.4 is 20.1 Å². The van der Waals surface area contributed by atoms with Crippen molar-refractivity contribution in [3.8, 4) is 17.2 Å². The van der Waals surface area contributed by atoms with E-state index in [4.69, 9.17) is 9.47 Å². The van der Waals surface area contributed by atoms with E-state index in [-0.39, 0.29) is 23.7 Å². The van der Waals surface area contributed by atoms with E-state index in [0.29, 0.717) is 22.7 Å². The molecule has 0 aromatic heterocycles. The summed E-state index contributed by atoms with van der Waals surface area (Å²) in [5, 5.41) is 5.98. The highest BCUT2D eigenvalue weighted by Gasteiger charge is 2.18. The minimum Gasteiger partial charge on any atom is -0.481 e. The highest BCUT2D eigenvalue weighted by molar-refractivity contribution is 6.05. The lowest BCUT2D eigenvalue weighted by Gasteiger charge is -2.20. The monoisotopic (exact) mass is 536 g/mol. The smallest absolute Gasteiger partial charge is 0.265 e. The van der Waals surface area contributed by atoms with Crippen LogP contribution in [-0.2, 0) is 4.79 Å². The van der Waals surface area contributed by atoms with Crippen molar-refractivity contribution < 1.29 is 19.1 Å². The zero-order chi connectivity index (χ0) is 28.6. The maximum absolute atomic E-state index is 13.1. The van der Waals surface area contributed by atoms with Gasteiger partial charge in [-0.2, -0.15) is 0 Å². The van der Waals surface area contributed by atoms with E-state index in [0.717, 1.165) is 22.6 Å². The third-order valence-electron chi connectivity index (χ3n) is 6.51. The number of para-hydroxylation sites is 2. The van der Waals surface area contributed by atoms with Crippen LogP contribution >= 0.6 is 0 Å². The first-order valence-corrected chi connectivity index (χ1v) is 13.6. The lowest BCUT2D eigenvalue weighted by Crippen LogP contribution is -2.30. The molecule has 4 aromatic carbocycles. The summed E-state index contributed by atoms with van der Waals surface area (Å²) < 4.78 is 11.6. The largest absolute Gasteiger partial charge is 0.481 e. The molecule has 0 saturated carbocycles. The molecule has 1 atom stereocenters. The normalized spacial score (nSPS) is 11.7. The third-order valence-corrected chi connectivity index (χ3v) is 6.51. The van der Waals surface area contributed by atoms with Crippen LogP contribution in [0.1, 0.15) is 67.9 Å². The van der Waals surface area contributed by atoms with Crippen LogP contribution in [-0.4, -0.2) is 17.9 Å². The van der Waals surface area contributed by atoms with E-state index in [1.807, 2.05) is 36.4 Å². The molecule has 0 bridgehead atoms. The number of hydrogen-bond acceptors (Lipinski definition) is 4. The zero-order valence-corrected chi connectivity index (χ0v) is 23.6. The van der Waals surface area contributed by atoms with Crippen molar-refractivity contribution in [2.45, 2.75) is 52.6 Å². The summed E-state index contributed by atoms with van der Waals surface area (Å²) in [6, 6.07) is 29.6. The number of amides is 2. The highest BCUT2D eigenvalue weighted by atomic mass is 16.5. The lowest BCUT2D eigenvalue weighted by atomic mass is 9.92. The van der Waals surface area contributed by atoms with Gasteiger partial charge in [0.25, 0.3) is 11.8 Å². The SMILES string of the molecule is CC(Oc1ccc(C(=O)Nc2c(C(C)C)cccc2C(C)C)cc1)C(=O)Nc1ccc(Oc2ccccc2)cc1. The van der Waals surface area contributed by atoms with Crippen molar-refractivity contribution in [2.24, 2.45) is 0 Å². The second kappa shape index (κ2) is 13.0. The Morgan fingerprint density at radius 1 is 0.600 bits per heavy atom. The first-order chi connectivity index (χ1) is 19.2. The summed E-state index contributed by atoms with van der Waals surface area (Å²) in [5.41, 5.74) is 4.24. The molecule has 0 aliphatic carbocycles. The quantitative estimate of drug-likeness (QED) is 0.213. The third kappa shape index (κ3) is 7.29. The molecule has 2 N–H and O–H groups in total. The number of anilines is 2. The van der Waals surface area contributed by atoms with Crippen LogP contribution in [0.4, 0.5) is 11.4 Å². The Morgan fingerprint density at radius 2 is 1.15 bits per heavy atom. The molecule has 4 rings (SSSR count). The Hall–Kier alpha value is -4.58. The van der Waals surface area contributed by atoms with Gasteiger partial charge in [-0.3, -0.25) is 9.59 Å². The van der Waals surface area contributed by atoms with Crippen LogP contribution in [0.25, 0.3) is 0 Å². The molecule has 0 spiro atoms. The van der Waals surface area contributed by atoms with Gasteiger partial charge in [0.05, 0.1) is 0 Å². The van der Waals surface area contributed by atoms with Gasteiger partial charge in [0.15, 0.2) is 6.10 Å². The summed E-state index contributed by atoms with van der Waals surface area (Å²) in [6.07, 6.45) is -0.744. The molecule has 40 heavy (non-hydrogen) atoms. The summed E-state index contributed by atoms with van der Waals surface area (Å²) >= 11 is 0. The number of carbonyl (C=O) groups excluding carboxylic acids is 2. The lowest BCUT2D eigenvalue weighted by molar-refractivity contribution is -0.122. The second-order valence-corrected chi connectivity index (χ2v) is 10.3. The molecule has 206 valence electrons. The van der Waals surface area contributed by atoms with Crippen LogP contribution in [0, 0.1) is 0 Å². The molecule has 0 saturated heterocycles. The van der Waals surface area contributed by atoms with Gasteiger partial charge < -0.3 is 20.1 Å². The Labute approximate surface area is 236 Å². The average molecular weight is 537 g/mol. The van der Waals surface area contributed by atoms with Crippen molar-refractivity contribution >= 4 is 23.2 Å². The molecule has 0 heterocycles. The van der Waals surface area contributed by atoms with E-state index in [2.05, 4.69) is 50.5 Å². The van der Waals surface area contributed by atoms with Gasteiger partial charge in [-0.1, -0.05) is 64.1 Å². The topological polar surface area (TPSA) is 76.7 Å². The number of rotatable bonds is 10. The molecule has 4 aromatic rings. The Bertz CT molecular complexity index is 1400. The molecule has 0 aliphatic heterocycles. The Balaban J connectivity index is 1.34. The van der Waals surface area contributed by atoms with Gasteiger partial charge >= 0.3 is 0 Å². The number of benzene rings is 4. The summed E-state index contributed by atoms with van der Waals surface area (Å²) in [4.78, 5) is 25.8. The first-order valence-electron chi connectivity index (χ1n) is 13.6. The molecule has 6 heteroatoms. The number of carbonyl (C=O) groups is 2.